The average Bonchev–Trinajstić information content (AvgIpc) is 3.59. The molecule has 2 fully saturated rings. The molecule has 0 unspecified atom stereocenters. The van der Waals surface area contributed by atoms with Crippen molar-refractivity contribution in [1.29, 1.82) is 0 Å². The van der Waals surface area contributed by atoms with Gasteiger partial charge in [0.1, 0.15) is 48.2 Å². The standard InChI is InChI=1S/C37H52N4O5Si2/c1-35(2,3)47(10,11)45-32-31-28(22-43-48(46-31,36(4,5)6)37(7,8)9)44-34(32)41-24-40-30-29(38-23-39-33(30)41)26-18-15-19-27(20-26)42-21-25-16-13-12-14-17-25/h12-20,23-24,28,31-32,34H,21-22H2,1-11H3/t28-,31-,32+,34-/m1/s1. The Balaban J connectivity index is 1.37. The van der Waals surface area contributed by atoms with Crippen molar-refractivity contribution in [3.8, 4) is 17.0 Å². The molecule has 2 aromatic heterocycles. The lowest BCUT2D eigenvalue weighted by molar-refractivity contribution is -0.0795. The summed E-state index contributed by atoms with van der Waals surface area (Å²) in [4.78, 5) is 14.3. The lowest BCUT2D eigenvalue weighted by Crippen LogP contribution is -2.66. The van der Waals surface area contributed by atoms with Gasteiger partial charge in [0.15, 0.2) is 20.2 Å². The first kappa shape index (κ1) is 34.9. The smallest absolute Gasteiger partial charge is 0.349 e. The molecule has 48 heavy (non-hydrogen) atoms. The second kappa shape index (κ2) is 12.4. The molecule has 0 spiro atoms. The van der Waals surface area contributed by atoms with Gasteiger partial charge in [0.25, 0.3) is 0 Å². The molecule has 0 N–H and O–H groups in total. The van der Waals surface area contributed by atoms with Crippen LogP contribution in [0.5, 0.6) is 5.75 Å². The normalized spacial score (nSPS) is 23.3. The van der Waals surface area contributed by atoms with Crippen LogP contribution >= 0.6 is 0 Å². The van der Waals surface area contributed by atoms with Gasteiger partial charge in [0, 0.05) is 15.6 Å². The molecule has 4 heterocycles. The van der Waals surface area contributed by atoms with Crippen LogP contribution < -0.4 is 4.74 Å². The number of imidazole rings is 1. The molecule has 0 aliphatic carbocycles. The van der Waals surface area contributed by atoms with Crippen LogP contribution in [0.15, 0.2) is 67.3 Å². The molecule has 2 aromatic carbocycles. The van der Waals surface area contributed by atoms with Gasteiger partial charge >= 0.3 is 8.56 Å². The van der Waals surface area contributed by atoms with Gasteiger partial charge in [-0.25, -0.2) is 15.0 Å². The Bertz CT molecular complexity index is 1730. The summed E-state index contributed by atoms with van der Waals surface area (Å²) in [5, 5.41) is -0.346. The Hall–Kier alpha value is -2.94. The van der Waals surface area contributed by atoms with Crippen molar-refractivity contribution in [3.05, 3.63) is 72.8 Å². The fourth-order valence-corrected chi connectivity index (χ4v) is 13.2. The van der Waals surface area contributed by atoms with E-state index in [0.29, 0.717) is 24.4 Å². The van der Waals surface area contributed by atoms with Crippen molar-refractivity contribution in [2.45, 2.75) is 122 Å². The SMILES string of the molecule is CC(C)(C)[Si](C)(C)O[C@H]1[C@@H]2O[Si](C(C)(C)C)(C(C)(C)C)OC[C@H]2O[C@H]1n1cnc2c(-c3cccc(OCc4ccccc4)c3)ncnc21. The molecular weight excluding hydrogens is 637 g/mol. The molecule has 0 radical (unpaired) electrons. The number of hydrogen-bond acceptors (Lipinski definition) is 8. The highest BCUT2D eigenvalue weighted by molar-refractivity contribution is 6.74. The summed E-state index contributed by atoms with van der Waals surface area (Å²) in [5.41, 5.74) is 4.10. The Morgan fingerprint density at radius 2 is 1.60 bits per heavy atom. The molecule has 9 nitrogen and oxygen atoms in total. The minimum Gasteiger partial charge on any atom is -0.489 e. The van der Waals surface area contributed by atoms with Gasteiger partial charge in [0.05, 0.1) is 12.9 Å². The lowest BCUT2D eigenvalue weighted by Gasteiger charge is -2.54. The molecule has 2 saturated heterocycles. The minimum absolute atomic E-state index is 0.0106. The van der Waals surface area contributed by atoms with E-state index in [1.807, 2.05) is 53.4 Å². The molecular formula is C37H52N4O5Si2. The number of hydrogen-bond donors (Lipinski definition) is 0. The van der Waals surface area contributed by atoms with E-state index in [2.05, 4.69) is 92.5 Å². The Morgan fingerprint density at radius 3 is 2.27 bits per heavy atom. The van der Waals surface area contributed by atoms with Crippen molar-refractivity contribution in [2.75, 3.05) is 6.61 Å². The summed E-state index contributed by atoms with van der Waals surface area (Å²) in [5.74, 6) is 0.760. The van der Waals surface area contributed by atoms with Crippen molar-refractivity contribution in [3.63, 3.8) is 0 Å². The summed E-state index contributed by atoms with van der Waals surface area (Å²) >= 11 is 0. The van der Waals surface area contributed by atoms with Crippen LogP contribution in [0, 0.1) is 0 Å². The summed E-state index contributed by atoms with van der Waals surface area (Å²) in [7, 11) is -5.07. The van der Waals surface area contributed by atoms with E-state index in [1.54, 1.807) is 6.33 Å². The summed E-state index contributed by atoms with van der Waals surface area (Å²) in [6.07, 6.45) is 1.95. The maximum Gasteiger partial charge on any atom is 0.349 e. The third-order valence-electron chi connectivity index (χ3n) is 10.2. The second-order valence-corrected chi connectivity index (χ2v) is 26.3. The molecule has 2 aliphatic heterocycles. The average molecular weight is 689 g/mol. The lowest BCUT2D eigenvalue weighted by atomic mass is 10.1. The number of rotatable bonds is 7. The fraction of sp³-hybridized carbons (Fsp3) is 0.541. The van der Waals surface area contributed by atoms with Crippen LogP contribution in [0.2, 0.25) is 28.2 Å². The van der Waals surface area contributed by atoms with Gasteiger partial charge in [-0.2, -0.15) is 0 Å². The van der Waals surface area contributed by atoms with Crippen molar-refractivity contribution in [2.24, 2.45) is 0 Å². The summed E-state index contributed by atoms with van der Waals surface area (Å²) in [6, 6.07) is 18.1. The number of fused-ring (bicyclic) bond motifs is 2. The Morgan fingerprint density at radius 1 is 0.896 bits per heavy atom. The van der Waals surface area contributed by atoms with Crippen LogP contribution in [0.25, 0.3) is 22.4 Å². The molecule has 6 rings (SSSR count). The van der Waals surface area contributed by atoms with E-state index in [1.165, 1.54) is 0 Å². The van der Waals surface area contributed by atoms with Crippen LogP contribution in [-0.4, -0.2) is 61.3 Å². The third kappa shape index (κ3) is 6.29. The van der Waals surface area contributed by atoms with Crippen LogP contribution in [-0.2, 0) is 24.6 Å². The maximum atomic E-state index is 7.31. The Labute approximate surface area is 287 Å². The van der Waals surface area contributed by atoms with Crippen LogP contribution in [0.1, 0.15) is 74.1 Å². The van der Waals surface area contributed by atoms with E-state index in [-0.39, 0.29) is 33.4 Å². The van der Waals surface area contributed by atoms with Gasteiger partial charge in [-0.15, -0.1) is 0 Å². The number of benzene rings is 2. The first-order chi connectivity index (χ1) is 22.4. The maximum absolute atomic E-state index is 7.31. The molecule has 0 amide bonds. The van der Waals surface area contributed by atoms with Gasteiger partial charge in [-0.3, -0.25) is 4.57 Å². The predicted molar refractivity (Wildman–Crippen MR) is 194 cm³/mol. The van der Waals surface area contributed by atoms with Crippen molar-refractivity contribution >= 4 is 28.0 Å². The summed E-state index contributed by atoms with van der Waals surface area (Å²) < 4.78 is 36.4. The number of nitrogens with zero attached hydrogens (tertiary/aromatic N) is 4. The zero-order valence-corrected chi connectivity index (χ0v) is 32.4. The number of ether oxygens (including phenoxy) is 2. The predicted octanol–water partition coefficient (Wildman–Crippen LogP) is 8.82. The molecule has 0 saturated carbocycles. The quantitative estimate of drug-likeness (QED) is 0.178. The molecule has 0 bridgehead atoms. The van der Waals surface area contributed by atoms with E-state index >= 15 is 0 Å². The van der Waals surface area contributed by atoms with E-state index in [9.17, 15) is 0 Å². The van der Waals surface area contributed by atoms with Crippen molar-refractivity contribution < 1.29 is 22.8 Å². The summed E-state index contributed by atoms with van der Waals surface area (Å²) in [6.45, 7) is 25.8. The first-order valence-electron chi connectivity index (χ1n) is 17.0. The van der Waals surface area contributed by atoms with Gasteiger partial charge in [-0.05, 0) is 35.8 Å². The highest BCUT2D eigenvalue weighted by Gasteiger charge is 2.66. The highest BCUT2D eigenvalue weighted by atomic mass is 28.4. The highest BCUT2D eigenvalue weighted by Crippen LogP contribution is 2.56. The fourth-order valence-electron chi connectivity index (χ4n) is 6.91. The second-order valence-electron chi connectivity index (χ2n) is 16.8. The molecule has 2 aliphatic rings. The molecule has 4 aromatic rings. The first-order valence-corrected chi connectivity index (χ1v) is 21.7. The van der Waals surface area contributed by atoms with Gasteiger partial charge in [-0.1, -0.05) is 105 Å². The molecule has 11 heteroatoms. The Kier molecular flexibility index (Phi) is 9.04. The zero-order valence-electron chi connectivity index (χ0n) is 30.4. The monoisotopic (exact) mass is 688 g/mol. The van der Waals surface area contributed by atoms with Crippen LogP contribution in [0.4, 0.5) is 0 Å². The third-order valence-corrected chi connectivity index (χ3v) is 19.8. The minimum atomic E-state index is -2.80. The van der Waals surface area contributed by atoms with Gasteiger partial charge in [0.2, 0.25) is 0 Å². The number of aromatic nitrogens is 4. The largest absolute Gasteiger partial charge is 0.489 e. The van der Waals surface area contributed by atoms with E-state index in [4.69, 9.17) is 32.7 Å². The molecule has 4 atom stereocenters. The van der Waals surface area contributed by atoms with Crippen LogP contribution in [0.3, 0.4) is 0 Å². The van der Waals surface area contributed by atoms with E-state index < -0.39 is 23.1 Å². The zero-order chi connectivity index (χ0) is 34.7. The van der Waals surface area contributed by atoms with Crippen molar-refractivity contribution in [1.82, 2.24) is 19.5 Å². The molecule has 258 valence electrons. The van der Waals surface area contributed by atoms with E-state index in [0.717, 1.165) is 22.6 Å². The topological polar surface area (TPSA) is 89.8 Å². The van der Waals surface area contributed by atoms with Gasteiger partial charge < -0.3 is 22.8 Å².